The zero-order valence-corrected chi connectivity index (χ0v) is 11.4. The van der Waals surface area contributed by atoms with Crippen molar-refractivity contribution in [3.63, 3.8) is 0 Å². The van der Waals surface area contributed by atoms with Gasteiger partial charge >= 0.3 is 0 Å². The Morgan fingerprint density at radius 2 is 2.25 bits per heavy atom. The molecule has 0 spiro atoms. The van der Waals surface area contributed by atoms with E-state index in [1.165, 1.54) is 0 Å². The summed E-state index contributed by atoms with van der Waals surface area (Å²) < 4.78 is 5.27. The fourth-order valence-electron chi connectivity index (χ4n) is 2.62. The summed E-state index contributed by atoms with van der Waals surface area (Å²) in [5.41, 5.74) is 3.66. The molecule has 1 amide bonds. The summed E-state index contributed by atoms with van der Waals surface area (Å²) in [6, 6.07) is 7.66. The number of aryl methyl sites for hydroxylation is 1. The van der Waals surface area contributed by atoms with E-state index >= 15 is 0 Å². The lowest BCUT2D eigenvalue weighted by atomic mass is 10.1. The predicted octanol–water partition coefficient (Wildman–Crippen LogP) is 1.84. The van der Waals surface area contributed by atoms with E-state index < -0.39 is 0 Å². The third kappa shape index (κ3) is 2.27. The van der Waals surface area contributed by atoms with Crippen molar-refractivity contribution in [1.82, 2.24) is 15.5 Å². The van der Waals surface area contributed by atoms with Gasteiger partial charge in [-0.25, -0.2) is 0 Å². The molecule has 0 atom stereocenters. The molecule has 1 aliphatic carbocycles. The molecular formula is C15H17N3O2. The number of hydrogen-bond donors (Lipinski definition) is 2. The Kier molecular flexibility index (Phi) is 3.41. The van der Waals surface area contributed by atoms with Crippen LogP contribution in [0.25, 0.3) is 0 Å². The van der Waals surface area contributed by atoms with Gasteiger partial charge in [0, 0.05) is 23.4 Å². The highest BCUT2D eigenvalue weighted by molar-refractivity contribution is 5.94. The fourth-order valence-corrected chi connectivity index (χ4v) is 2.62. The van der Waals surface area contributed by atoms with Crippen LogP contribution in [0.15, 0.2) is 24.3 Å². The molecule has 5 heteroatoms. The summed E-state index contributed by atoms with van der Waals surface area (Å²) in [5.74, 6) is 0.648. The van der Waals surface area contributed by atoms with Gasteiger partial charge in [0.15, 0.2) is 5.69 Å². The smallest absolute Gasteiger partial charge is 0.272 e. The Labute approximate surface area is 117 Å². The third-order valence-electron chi connectivity index (χ3n) is 3.65. The number of aromatic nitrogens is 2. The first-order valence-corrected chi connectivity index (χ1v) is 6.76. The second-order valence-corrected chi connectivity index (χ2v) is 4.88. The van der Waals surface area contributed by atoms with E-state index in [0.29, 0.717) is 12.2 Å². The van der Waals surface area contributed by atoms with Gasteiger partial charge in [-0.2, -0.15) is 5.10 Å². The maximum Gasteiger partial charge on any atom is 0.272 e. The Hall–Kier alpha value is -2.30. The number of aromatic amines is 1. The number of H-pyrrole nitrogens is 1. The minimum absolute atomic E-state index is 0.129. The SMILES string of the molecule is COc1ccccc1CNC(=O)c1n[nH]c2c1CCC2. The zero-order valence-electron chi connectivity index (χ0n) is 11.4. The molecular weight excluding hydrogens is 254 g/mol. The lowest BCUT2D eigenvalue weighted by molar-refractivity contribution is 0.0944. The van der Waals surface area contributed by atoms with Crippen LogP contribution in [-0.4, -0.2) is 23.2 Å². The molecule has 0 radical (unpaired) electrons. The van der Waals surface area contributed by atoms with E-state index in [0.717, 1.165) is 41.8 Å². The fraction of sp³-hybridized carbons (Fsp3) is 0.333. The molecule has 1 aromatic heterocycles. The normalized spacial score (nSPS) is 13.1. The van der Waals surface area contributed by atoms with E-state index in [9.17, 15) is 4.79 Å². The number of methoxy groups -OCH3 is 1. The second-order valence-electron chi connectivity index (χ2n) is 4.88. The highest BCUT2D eigenvalue weighted by Crippen LogP contribution is 2.23. The Morgan fingerprint density at radius 3 is 3.10 bits per heavy atom. The van der Waals surface area contributed by atoms with Crippen molar-refractivity contribution in [1.29, 1.82) is 0 Å². The van der Waals surface area contributed by atoms with Crippen LogP contribution in [-0.2, 0) is 19.4 Å². The number of amides is 1. The molecule has 5 nitrogen and oxygen atoms in total. The van der Waals surface area contributed by atoms with Crippen LogP contribution in [0, 0.1) is 0 Å². The average molecular weight is 271 g/mol. The number of carbonyl (C=O) groups is 1. The highest BCUT2D eigenvalue weighted by atomic mass is 16.5. The van der Waals surface area contributed by atoms with E-state index in [1.807, 2.05) is 24.3 Å². The quantitative estimate of drug-likeness (QED) is 0.891. The van der Waals surface area contributed by atoms with Gasteiger partial charge in [0.05, 0.1) is 7.11 Å². The van der Waals surface area contributed by atoms with Crippen LogP contribution in [0.3, 0.4) is 0 Å². The number of hydrogen-bond acceptors (Lipinski definition) is 3. The van der Waals surface area contributed by atoms with Gasteiger partial charge in [0.25, 0.3) is 5.91 Å². The van der Waals surface area contributed by atoms with Gasteiger partial charge in [-0.1, -0.05) is 18.2 Å². The Morgan fingerprint density at radius 1 is 1.40 bits per heavy atom. The van der Waals surface area contributed by atoms with Crippen LogP contribution >= 0.6 is 0 Å². The second kappa shape index (κ2) is 5.36. The molecule has 2 aromatic rings. The van der Waals surface area contributed by atoms with Crippen LogP contribution in [0.1, 0.15) is 33.7 Å². The minimum Gasteiger partial charge on any atom is -0.496 e. The van der Waals surface area contributed by atoms with Gasteiger partial charge in [-0.3, -0.25) is 9.89 Å². The van der Waals surface area contributed by atoms with Crippen molar-refractivity contribution < 1.29 is 9.53 Å². The average Bonchev–Trinajstić information content (AvgIpc) is 3.07. The van der Waals surface area contributed by atoms with Gasteiger partial charge in [0.1, 0.15) is 5.75 Å². The number of carbonyl (C=O) groups excluding carboxylic acids is 1. The maximum absolute atomic E-state index is 12.2. The maximum atomic E-state index is 12.2. The first-order valence-electron chi connectivity index (χ1n) is 6.76. The molecule has 0 unspecified atom stereocenters. The highest BCUT2D eigenvalue weighted by Gasteiger charge is 2.22. The zero-order chi connectivity index (χ0) is 13.9. The van der Waals surface area contributed by atoms with Gasteiger partial charge in [0.2, 0.25) is 0 Å². The number of ether oxygens (including phenoxy) is 1. The van der Waals surface area contributed by atoms with Crippen molar-refractivity contribution in [2.24, 2.45) is 0 Å². The first kappa shape index (κ1) is 12.7. The Balaban J connectivity index is 1.70. The summed E-state index contributed by atoms with van der Waals surface area (Å²) in [6.45, 7) is 0.435. The summed E-state index contributed by atoms with van der Waals surface area (Å²) >= 11 is 0. The molecule has 1 aliphatic rings. The molecule has 20 heavy (non-hydrogen) atoms. The molecule has 0 bridgehead atoms. The molecule has 1 aromatic carbocycles. The molecule has 0 saturated carbocycles. The van der Waals surface area contributed by atoms with Crippen molar-refractivity contribution in [2.75, 3.05) is 7.11 Å². The van der Waals surface area contributed by atoms with Gasteiger partial charge < -0.3 is 10.1 Å². The minimum atomic E-state index is -0.129. The van der Waals surface area contributed by atoms with Crippen LogP contribution in [0.5, 0.6) is 5.75 Å². The molecule has 0 aliphatic heterocycles. The van der Waals surface area contributed by atoms with E-state index in [4.69, 9.17) is 4.74 Å². The third-order valence-corrected chi connectivity index (χ3v) is 3.65. The summed E-state index contributed by atoms with van der Waals surface area (Å²) in [4.78, 5) is 12.2. The van der Waals surface area contributed by atoms with Gasteiger partial charge in [-0.05, 0) is 25.3 Å². The molecule has 2 N–H and O–H groups in total. The molecule has 104 valence electrons. The number of rotatable bonds is 4. The topological polar surface area (TPSA) is 67.0 Å². The van der Waals surface area contributed by atoms with Crippen molar-refractivity contribution in [3.8, 4) is 5.75 Å². The van der Waals surface area contributed by atoms with E-state index in [1.54, 1.807) is 7.11 Å². The van der Waals surface area contributed by atoms with Crippen LogP contribution in [0.4, 0.5) is 0 Å². The number of nitrogens with one attached hydrogen (secondary N) is 2. The summed E-state index contributed by atoms with van der Waals surface area (Å²) in [5, 5.41) is 9.98. The standard InChI is InChI=1S/C15H17N3O2/c1-20-13-8-3-2-5-10(13)9-16-15(19)14-11-6-4-7-12(11)17-18-14/h2-3,5,8H,4,6-7,9H2,1H3,(H,16,19)(H,17,18). The first-order chi connectivity index (χ1) is 9.79. The van der Waals surface area contributed by atoms with Crippen molar-refractivity contribution in [2.45, 2.75) is 25.8 Å². The lowest BCUT2D eigenvalue weighted by Gasteiger charge is -2.09. The molecule has 0 fully saturated rings. The number of fused-ring (bicyclic) bond motifs is 1. The summed E-state index contributed by atoms with van der Waals surface area (Å²) in [7, 11) is 1.63. The Bertz CT molecular complexity index is 634. The largest absolute Gasteiger partial charge is 0.496 e. The van der Waals surface area contributed by atoms with Crippen LogP contribution in [0.2, 0.25) is 0 Å². The summed E-state index contributed by atoms with van der Waals surface area (Å²) in [6.07, 6.45) is 3.02. The number of nitrogens with zero attached hydrogens (tertiary/aromatic N) is 1. The lowest BCUT2D eigenvalue weighted by Crippen LogP contribution is -2.24. The monoisotopic (exact) mass is 271 g/mol. The molecule has 0 saturated heterocycles. The van der Waals surface area contributed by atoms with Crippen LogP contribution < -0.4 is 10.1 Å². The van der Waals surface area contributed by atoms with Gasteiger partial charge in [-0.15, -0.1) is 0 Å². The van der Waals surface area contributed by atoms with E-state index in [2.05, 4.69) is 15.5 Å². The predicted molar refractivity (Wildman–Crippen MR) is 74.8 cm³/mol. The number of benzene rings is 1. The molecule has 3 rings (SSSR count). The van der Waals surface area contributed by atoms with Crippen molar-refractivity contribution >= 4 is 5.91 Å². The number of para-hydroxylation sites is 1. The molecule has 1 heterocycles. The van der Waals surface area contributed by atoms with E-state index in [-0.39, 0.29) is 5.91 Å². The van der Waals surface area contributed by atoms with Crippen molar-refractivity contribution in [3.05, 3.63) is 46.8 Å².